The van der Waals surface area contributed by atoms with Crippen molar-refractivity contribution in [2.24, 2.45) is 9.98 Å². The number of hydrogen-bond donors (Lipinski definition) is 0. The molecule has 0 bridgehead atoms. The predicted octanol–water partition coefficient (Wildman–Crippen LogP) is 14.7. The van der Waals surface area contributed by atoms with Crippen molar-refractivity contribution in [1.29, 1.82) is 0 Å². The summed E-state index contributed by atoms with van der Waals surface area (Å²) in [4.78, 5) is 36.0. The molecule has 8 heteroatoms. The second-order valence-electron chi connectivity index (χ2n) is 16.6. The van der Waals surface area contributed by atoms with Crippen molar-refractivity contribution >= 4 is 34.5 Å². The number of amides is 2. The molecule has 0 aliphatic carbocycles. The molecule has 328 valence electrons. The van der Waals surface area contributed by atoms with E-state index in [4.69, 9.17) is 0 Å². The summed E-state index contributed by atoms with van der Waals surface area (Å²) in [6.07, 6.45) is 17.9. The van der Waals surface area contributed by atoms with Gasteiger partial charge in [0, 0.05) is 46.1 Å². The number of aryl methyl sites for hydroxylation is 4. The molecule has 6 nitrogen and oxygen atoms in total. The Morgan fingerprint density at radius 3 is 1.19 bits per heavy atom. The Hall–Kier alpha value is -4.92. The van der Waals surface area contributed by atoms with E-state index in [0.717, 1.165) is 46.9 Å². The molecule has 2 aromatic heterocycles. The van der Waals surface area contributed by atoms with Crippen LogP contribution in [-0.4, -0.2) is 20.9 Å². The first-order valence-electron chi connectivity index (χ1n) is 23.0. The predicted molar refractivity (Wildman–Crippen MR) is 263 cm³/mol. The van der Waals surface area contributed by atoms with Gasteiger partial charge in [-0.15, -0.1) is 22.7 Å². The third-order valence-corrected chi connectivity index (χ3v) is 13.0. The van der Waals surface area contributed by atoms with Crippen LogP contribution in [0, 0.1) is 27.7 Å². The van der Waals surface area contributed by atoms with Crippen LogP contribution in [0.25, 0.3) is 22.5 Å². The highest BCUT2D eigenvalue weighted by atomic mass is 32.1. The van der Waals surface area contributed by atoms with Gasteiger partial charge in [0.2, 0.25) is 0 Å². The molecular weight excluding hydrogens is 801 g/mol. The topological polar surface area (TPSA) is 68.7 Å². The molecule has 6 aromatic rings. The van der Waals surface area contributed by atoms with Gasteiger partial charge in [0.05, 0.1) is 11.4 Å². The van der Waals surface area contributed by atoms with Gasteiger partial charge in [-0.3, -0.25) is 9.59 Å². The monoisotopic (exact) mass is 868 g/mol. The minimum atomic E-state index is -0.183. The van der Waals surface area contributed by atoms with Gasteiger partial charge in [-0.2, -0.15) is 9.98 Å². The summed E-state index contributed by atoms with van der Waals surface area (Å²) in [5.74, 6) is -0.358. The Morgan fingerprint density at radius 1 is 0.468 bits per heavy atom. The first kappa shape index (κ1) is 48.1. The molecular formula is C54H68N4O2S2. The Bertz CT molecular complexity index is 2440. The summed E-state index contributed by atoms with van der Waals surface area (Å²) in [7, 11) is 0. The number of carbonyl (C=O) groups is 2. The lowest BCUT2D eigenvalue weighted by atomic mass is 10.0. The lowest BCUT2D eigenvalue weighted by Gasteiger charge is -2.12. The van der Waals surface area contributed by atoms with Crippen molar-refractivity contribution in [3.63, 3.8) is 0 Å². The molecule has 6 rings (SSSR count). The smallest absolute Gasteiger partial charge is 0.279 e. The molecule has 0 saturated carbocycles. The van der Waals surface area contributed by atoms with E-state index in [1.54, 1.807) is 22.7 Å². The summed E-state index contributed by atoms with van der Waals surface area (Å²) in [5.41, 5.74) is 11.1. The van der Waals surface area contributed by atoms with Crippen LogP contribution in [0.2, 0.25) is 0 Å². The first-order chi connectivity index (χ1) is 30.2. The van der Waals surface area contributed by atoms with Crippen LogP contribution < -0.4 is 9.60 Å². The standard InChI is InChI=1S/C30H40N2OS.C24H28N2OS/c1-4-5-6-7-8-9-10-11-12-16-21-32-28(27-20-19-24(2)22-25(27)3)23-34-30(32)31-29(33)26-17-14-13-15-18-26;1-4-5-6-10-15-26-22(21-14-13-18(2)16-19(21)3)17-28-24(26)25-23(27)20-11-8-7-9-12-20/h13-15,17-20,22-23H,4-12,16,21H2,1-3H3;7-9,11-14,16-17H,4-6,10,15H2,1-3H3. The lowest BCUT2D eigenvalue weighted by Crippen LogP contribution is -2.18. The molecule has 0 saturated heterocycles. The van der Waals surface area contributed by atoms with Gasteiger partial charge in [0.25, 0.3) is 11.8 Å². The van der Waals surface area contributed by atoms with Gasteiger partial charge >= 0.3 is 0 Å². The molecule has 0 atom stereocenters. The van der Waals surface area contributed by atoms with Gasteiger partial charge in [0.1, 0.15) is 0 Å². The van der Waals surface area contributed by atoms with E-state index in [1.165, 1.54) is 110 Å². The quantitative estimate of drug-likeness (QED) is 0.0717. The van der Waals surface area contributed by atoms with E-state index >= 15 is 0 Å². The fourth-order valence-electron chi connectivity index (χ4n) is 7.82. The number of benzene rings is 4. The van der Waals surface area contributed by atoms with E-state index in [2.05, 4.69) is 108 Å². The second-order valence-corrected chi connectivity index (χ2v) is 18.2. The van der Waals surface area contributed by atoms with Crippen LogP contribution in [0.1, 0.15) is 147 Å². The average Bonchev–Trinajstić information content (AvgIpc) is 3.86. The Kier molecular flexibility index (Phi) is 20.1. The molecule has 62 heavy (non-hydrogen) atoms. The zero-order valence-electron chi connectivity index (χ0n) is 38.1. The minimum absolute atomic E-state index is 0.175. The van der Waals surface area contributed by atoms with Crippen molar-refractivity contribution in [1.82, 2.24) is 9.13 Å². The van der Waals surface area contributed by atoms with Crippen LogP contribution in [0.4, 0.5) is 0 Å². The van der Waals surface area contributed by atoms with E-state index in [1.807, 2.05) is 60.7 Å². The summed E-state index contributed by atoms with van der Waals surface area (Å²) < 4.78 is 4.48. The maximum atomic E-state index is 12.8. The first-order valence-corrected chi connectivity index (χ1v) is 24.8. The molecule has 2 heterocycles. The molecule has 0 spiro atoms. The molecule has 2 amide bonds. The van der Waals surface area contributed by atoms with Crippen LogP contribution in [0.3, 0.4) is 0 Å². The minimum Gasteiger partial charge on any atom is -0.316 e. The molecule has 0 fully saturated rings. The van der Waals surface area contributed by atoms with Crippen LogP contribution in [0.15, 0.2) is 118 Å². The van der Waals surface area contributed by atoms with Gasteiger partial charge in [-0.05, 0) is 75.9 Å². The van der Waals surface area contributed by atoms with Crippen molar-refractivity contribution < 1.29 is 9.59 Å². The maximum absolute atomic E-state index is 12.8. The highest BCUT2D eigenvalue weighted by molar-refractivity contribution is 7.07. The van der Waals surface area contributed by atoms with E-state index in [9.17, 15) is 9.59 Å². The van der Waals surface area contributed by atoms with Gasteiger partial charge in [0.15, 0.2) is 9.60 Å². The average molecular weight is 869 g/mol. The van der Waals surface area contributed by atoms with Gasteiger partial charge in [-0.25, -0.2) is 0 Å². The normalized spacial score (nSPS) is 11.8. The Labute approximate surface area is 379 Å². The second kappa shape index (κ2) is 25.9. The number of hydrogen-bond acceptors (Lipinski definition) is 4. The summed E-state index contributed by atoms with van der Waals surface area (Å²) in [6.45, 7) is 14.8. The summed E-state index contributed by atoms with van der Waals surface area (Å²) in [6, 6.07) is 31.8. The maximum Gasteiger partial charge on any atom is 0.279 e. The molecule has 0 aliphatic heterocycles. The van der Waals surface area contributed by atoms with Gasteiger partial charge in [-0.1, -0.05) is 175 Å². The SMILES string of the molecule is CCCCCCCCCCCCn1c(-c2ccc(C)cc2C)csc1=NC(=O)c1ccccc1.CCCCCCn1c(-c2ccc(C)cc2C)csc1=NC(=O)c1ccccc1. The van der Waals surface area contributed by atoms with Crippen LogP contribution in [0.5, 0.6) is 0 Å². The van der Waals surface area contributed by atoms with Gasteiger partial charge < -0.3 is 9.13 Å². The van der Waals surface area contributed by atoms with E-state index in [0.29, 0.717) is 11.1 Å². The number of rotatable bonds is 20. The number of nitrogens with zero attached hydrogens (tertiary/aromatic N) is 4. The molecule has 0 radical (unpaired) electrons. The highest BCUT2D eigenvalue weighted by Crippen LogP contribution is 2.27. The van der Waals surface area contributed by atoms with E-state index in [-0.39, 0.29) is 11.8 Å². The number of thiazole rings is 2. The molecule has 0 N–H and O–H groups in total. The zero-order chi connectivity index (χ0) is 44.1. The lowest BCUT2D eigenvalue weighted by molar-refractivity contribution is 0.0989. The van der Waals surface area contributed by atoms with Crippen molar-refractivity contribution in [3.8, 4) is 22.5 Å². The Balaban J connectivity index is 0.000000238. The molecule has 0 unspecified atom stereocenters. The molecule has 0 aliphatic rings. The number of aromatic nitrogens is 2. The third kappa shape index (κ3) is 14.6. The highest BCUT2D eigenvalue weighted by Gasteiger charge is 2.14. The Morgan fingerprint density at radius 2 is 0.823 bits per heavy atom. The fraction of sp³-hybridized carbons (Fsp3) is 0.407. The van der Waals surface area contributed by atoms with Crippen molar-refractivity contribution in [2.75, 3.05) is 0 Å². The fourth-order valence-corrected chi connectivity index (χ4v) is 9.67. The van der Waals surface area contributed by atoms with Crippen molar-refractivity contribution in [2.45, 2.75) is 145 Å². The van der Waals surface area contributed by atoms with Crippen LogP contribution in [-0.2, 0) is 13.1 Å². The van der Waals surface area contributed by atoms with E-state index < -0.39 is 0 Å². The summed E-state index contributed by atoms with van der Waals surface area (Å²) in [5, 5.41) is 4.29. The number of carbonyl (C=O) groups excluding carboxylic acids is 2. The summed E-state index contributed by atoms with van der Waals surface area (Å²) >= 11 is 3.11. The zero-order valence-corrected chi connectivity index (χ0v) is 39.8. The largest absolute Gasteiger partial charge is 0.316 e. The third-order valence-electron chi connectivity index (χ3n) is 11.3. The number of unbranched alkanes of at least 4 members (excludes halogenated alkanes) is 12. The van der Waals surface area contributed by atoms with Crippen molar-refractivity contribution in [3.05, 3.63) is 151 Å². The van der Waals surface area contributed by atoms with Crippen LogP contribution >= 0.6 is 22.7 Å². The molecule has 4 aromatic carbocycles.